The van der Waals surface area contributed by atoms with Gasteiger partial charge in [0, 0.05) is 32.2 Å². The van der Waals surface area contributed by atoms with Gasteiger partial charge in [-0.2, -0.15) is 0 Å². The second-order valence-corrected chi connectivity index (χ2v) is 5.94. The van der Waals surface area contributed by atoms with Crippen molar-refractivity contribution in [1.82, 2.24) is 10.4 Å². The van der Waals surface area contributed by atoms with Crippen molar-refractivity contribution >= 4 is 38.4 Å². The number of H-pyrrole nitrogens is 1. The van der Waals surface area contributed by atoms with E-state index in [4.69, 9.17) is 17.4 Å². The number of nitrogens with two attached hydrogens (primary N) is 1. The number of aromatic nitrogens is 1. The van der Waals surface area contributed by atoms with Gasteiger partial charge in [-0.05, 0) is 29.8 Å². The quantitative estimate of drug-likeness (QED) is 0.491. The van der Waals surface area contributed by atoms with Crippen molar-refractivity contribution in [2.24, 2.45) is 5.84 Å². The fourth-order valence-corrected chi connectivity index (χ4v) is 3.33. The summed E-state index contributed by atoms with van der Waals surface area (Å²) >= 11 is 9.59. The first-order valence-electron chi connectivity index (χ1n) is 6.17. The molecule has 1 unspecified atom stereocenters. The Kier molecular flexibility index (Phi) is 3.81. The van der Waals surface area contributed by atoms with Gasteiger partial charge in [-0.25, -0.2) is 5.43 Å². The fourth-order valence-electron chi connectivity index (χ4n) is 2.44. The molecule has 1 heterocycles. The third-order valence-corrected chi connectivity index (χ3v) is 3.99. The summed E-state index contributed by atoms with van der Waals surface area (Å²) in [6.07, 6.45) is 1.98. The molecule has 0 aliphatic carbocycles. The van der Waals surface area contributed by atoms with E-state index >= 15 is 0 Å². The molecule has 3 aromatic rings. The molecule has 0 fully saturated rings. The van der Waals surface area contributed by atoms with Gasteiger partial charge in [0.2, 0.25) is 0 Å². The molecule has 20 heavy (non-hydrogen) atoms. The van der Waals surface area contributed by atoms with Crippen LogP contribution in [0.15, 0.2) is 53.1 Å². The van der Waals surface area contributed by atoms with Gasteiger partial charge in [0.15, 0.2) is 0 Å². The largest absolute Gasteiger partial charge is 0.361 e. The third kappa shape index (κ3) is 2.47. The van der Waals surface area contributed by atoms with E-state index in [9.17, 15) is 0 Å². The summed E-state index contributed by atoms with van der Waals surface area (Å²) in [6, 6.07) is 13.8. The highest BCUT2D eigenvalue weighted by atomic mass is 79.9. The van der Waals surface area contributed by atoms with E-state index in [0.717, 1.165) is 26.5 Å². The van der Waals surface area contributed by atoms with Gasteiger partial charge in [0.05, 0.1) is 6.04 Å². The summed E-state index contributed by atoms with van der Waals surface area (Å²) in [5.41, 5.74) is 6.06. The molecule has 1 aromatic heterocycles. The minimum Gasteiger partial charge on any atom is -0.361 e. The number of para-hydroxylation sites is 1. The molecule has 1 atom stereocenters. The molecule has 0 bridgehead atoms. The molecule has 0 aliphatic heterocycles. The maximum absolute atomic E-state index is 6.12. The van der Waals surface area contributed by atoms with Gasteiger partial charge in [-0.1, -0.05) is 45.7 Å². The van der Waals surface area contributed by atoms with E-state index in [-0.39, 0.29) is 6.04 Å². The molecule has 3 rings (SSSR count). The van der Waals surface area contributed by atoms with Gasteiger partial charge >= 0.3 is 0 Å². The van der Waals surface area contributed by atoms with Crippen molar-refractivity contribution in [3.8, 4) is 0 Å². The topological polar surface area (TPSA) is 53.8 Å². The van der Waals surface area contributed by atoms with Gasteiger partial charge in [0.1, 0.15) is 0 Å². The highest BCUT2D eigenvalue weighted by Gasteiger charge is 2.17. The summed E-state index contributed by atoms with van der Waals surface area (Å²) in [7, 11) is 0. The first-order valence-corrected chi connectivity index (χ1v) is 7.34. The van der Waals surface area contributed by atoms with Gasteiger partial charge in [-0.15, -0.1) is 0 Å². The van der Waals surface area contributed by atoms with Crippen LogP contribution >= 0.6 is 27.5 Å². The second-order valence-electron chi connectivity index (χ2n) is 4.59. The molecule has 0 aliphatic rings. The molecular weight excluding hydrogens is 338 g/mol. The minimum absolute atomic E-state index is 0.124. The zero-order valence-corrected chi connectivity index (χ0v) is 12.9. The predicted molar refractivity (Wildman–Crippen MR) is 86.6 cm³/mol. The second kappa shape index (κ2) is 5.58. The van der Waals surface area contributed by atoms with Crippen LogP contribution in [-0.4, -0.2) is 4.98 Å². The van der Waals surface area contributed by atoms with E-state index in [0.29, 0.717) is 5.02 Å². The van der Waals surface area contributed by atoms with Gasteiger partial charge in [-0.3, -0.25) is 5.84 Å². The third-order valence-electron chi connectivity index (χ3n) is 3.32. The Morgan fingerprint density at radius 2 is 2.00 bits per heavy atom. The number of benzene rings is 2. The fraction of sp³-hybridized carbons (Fsp3) is 0.0667. The van der Waals surface area contributed by atoms with Crippen LogP contribution < -0.4 is 11.3 Å². The van der Waals surface area contributed by atoms with E-state index in [2.05, 4.69) is 32.4 Å². The lowest BCUT2D eigenvalue weighted by Gasteiger charge is -2.16. The molecule has 0 amide bonds. The van der Waals surface area contributed by atoms with Crippen LogP contribution in [0.3, 0.4) is 0 Å². The van der Waals surface area contributed by atoms with Crippen molar-refractivity contribution in [1.29, 1.82) is 0 Å². The first-order chi connectivity index (χ1) is 9.69. The van der Waals surface area contributed by atoms with Gasteiger partial charge in [0.25, 0.3) is 0 Å². The average Bonchev–Trinajstić information content (AvgIpc) is 2.83. The number of rotatable bonds is 3. The molecule has 3 nitrogen and oxygen atoms in total. The maximum Gasteiger partial charge on any atom is 0.0731 e. The number of hydrazine groups is 1. The Morgan fingerprint density at radius 1 is 1.20 bits per heavy atom. The molecular formula is C15H13BrClN3. The zero-order chi connectivity index (χ0) is 14.1. The van der Waals surface area contributed by atoms with E-state index < -0.39 is 0 Å². The average molecular weight is 351 g/mol. The smallest absolute Gasteiger partial charge is 0.0731 e. The monoisotopic (exact) mass is 349 g/mol. The van der Waals surface area contributed by atoms with Crippen LogP contribution in [0.25, 0.3) is 10.9 Å². The Balaban J connectivity index is 2.14. The Morgan fingerprint density at radius 3 is 2.75 bits per heavy atom. The summed E-state index contributed by atoms with van der Waals surface area (Å²) < 4.78 is 0.931. The lowest BCUT2D eigenvalue weighted by molar-refractivity contribution is 0.640. The molecule has 0 saturated carbocycles. The van der Waals surface area contributed by atoms with Crippen LogP contribution in [0.1, 0.15) is 17.2 Å². The summed E-state index contributed by atoms with van der Waals surface area (Å²) in [4.78, 5) is 3.26. The van der Waals surface area contributed by atoms with Crippen molar-refractivity contribution in [3.05, 3.63) is 69.3 Å². The number of hydrogen-bond donors (Lipinski definition) is 3. The van der Waals surface area contributed by atoms with Crippen LogP contribution in [-0.2, 0) is 0 Å². The molecule has 102 valence electrons. The first kappa shape index (κ1) is 13.6. The lowest BCUT2D eigenvalue weighted by atomic mass is 9.99. The SMILES string of the molecule is NNC(c1cc(Cl)cc(Br)c1)c1c[nH]c2ccccc12. The number of halogens is 2. The number of fused-ring (bicyclic) bond motifs is 1. The highest BCUT2D eigenvalue weighted by Crippen LogP contribution is 2.31. The van der Waals surface area contributed by atoms with E-state index in [1.807, 2.05) is 42.6 Å². The van der Waals surface area contributed by atoms with Gasteiger partial charge < -0.3 is 4.98 Å². The lowest BCUT2D eigenvalue weighted by Crippen LogP contribution is -2.28. The maximum atomic E-state index is 6.12. The predicted octanol–water partition coefficient (Wildman–Crippen LogP) is 4.14. The molecule has 4 N–H and O–H groups in total. The van der Waals surface area contributed by atoms with Crippen LogP contribution in [0.4, 0.5) is 0 Å². The number of hydrogen-bond acceptors (Lipinski definition) is 2. The van der Waals surface area contributed by atoms with Crippen LogP contribution in [0, 0.1) is 0 Å². The Hall–Kier alpha value is -1.33. The Labute approximate surface area is 130 Å². The van der Waals surface area contributed by atoms with Crippen molar-refractivity contribution < 1.29 is 0 Å². The number of aromatic amines is 1. The van der Waals surface area contributed by atoms with Crippen molar-refractivity contribution in [2.45, 2.75) is 6.04 Å². The van der Waals surface area contributed by atoms with Crippen LogP contribution in [0.2, 0.25) is 5.02 Å². The van der Waals surface area contributed by atoms with Crippen molar-refractivity contribution in [2.75, 3.05) is 0 Å². The van der Waals surface area contributed by atoms with Crippen LogP contribution in [0.5, 0.6) is 0 Å². The van der Waals surface area contributed by atoms with Crippen molar-refractivity contribution in [3.63, 3.8) is 0 Å². The minimum atomic E-state index is -0.124. The standard InChI is InChI=1S/C15H13BrClN3/c16-10-5-9(6-11(17)7-10)15(20-18)13-8-19-14-4-2-1-3-12(13)14/h1-8,15,19-20H,18H2. The highest BCUT2D eigenvalue weighted by molar-refractivity contribution is 9.10. The molecule has 5 heteroatoms. The molecule has 0 radical (unpaired) electrons. The summed E-state index contributed by atoms with van der Waals surface area (Å²) in [5, 5.41) is 1.82. The Bertz CT molecular complexity index is 733. The molecule has 0 spiro atoms. The summed E-state index contributed by atoms with van der Waals surface area (Å²) in [6.45, 7) is 0. The number of nitrogens with one attached hydrogen (secondary N) is 2. The molecule has 2 aromatic carbocycles. The zero-order valence-electron chi connectivity index (χ0n) is 10.5. The normalized spacial score (nSPS) is 12.8. The van der Waals surface area contributed by atoms with E-state index in [1.165, 1.54) is 0 Å². The molecule has 0 saturated heterocycles. The summed E-state index contributed by atoms with van der Waals surface area (Å²) in [5.74, 6) is 5.76. The van der Waals surface area contributed by atoms with E-state index in [1.54, 1.807) is 0 Å².